The Balaban J connectivity index is 1.41. The number of carbonyl (C=O) groups excluding carboxylic acids is 2. The van der Waals surface area contributed by atoms with Gasteiger partial charge in [0.05, 0.1) is 11.1 Å². The molecule has 2 saturated heterocycles. The van der Waals surface area contributed by atoms with E-state index in [4.69, 9.17) is 11.6 Å². The number of carbonyl (C=O) groups is 2. The van der Waals surface area contributed by atoms with Crippen LogP contribution >= 0.6 is 11.6 Å². The summed E-state index contributed by atoms with van der Waals surface area (Å²) in [6, 6.07) is 4.24. The van der Waals surface area contributed by atoms with E-state index in [2.05, 4.69) is 0 Å². The Morgan fingerprint density at radius 2 is 1.97 bits per heavy atom. The molecular weight excluding hydrogens is 440 g/mol. The highest BCUT2D eigenvalue weighted by Crippen LogP contribution is 2.17. The van der Waals surface area contributed by atoms with E-state index in [1.165, 1.54) is 18.2 Å². The minimum absolute atomic E-state index is 0.00185. The lowest BCUT2D eigenvalue weighted by molar-refractivity contribution is -0.130. The van der Waals surface area contributed by atoms with Crippen LogP contribution in [0.2, 0.25) is 5.02 Å². The molecule has 1 aromatic rings. The molecule has 3 rings (SSSR count). The smallest absolute Gasteiger partial charge is 0.246 e. The molecule has 0 bridgehead atoms. The van der Waals surface area contributed by atoms with E-state index >= 15 is 0 Å². The summed E-state index contributed by atoms with van der Waals surface area (Å²) in [5.41, 5.74) is 0.625. The second kappa shape index (κ2) is 11.7. The fraction of sp³-hybridized carbons (Fsp3) is 0.565. The molecule has 1 N–H and O–H groups in total. The summed E-state index contributed by atoms with van der Waals surface area (Å²) < 4.78 is 26.9. The molecule has 0 radical (unpaired) electrons. The van der Waals surface area contributed by atoms with Crippen molar-refractivity contribution in [1.82, 2.24) is 14.7 Å². The first-order valence-electron chi connectivity index (χ1n) is 11.1. The molecule has 0 spiro atoms. The molecule has 0 aromatic heterocycles. The predicted molar refractivity (Wildman–Crippen MR) is 119 cm³/mol. The van der Waals surface area contributed by atoms with Crippen LogP contribution in [0, 0.1) is 5.82 Å². The summed E-state index contributed by atoms with van der Waals surface area (Å²) in [4.78, 5) is 30.4. The van der Waals surface area contributed by atoms with Crippen LogP contribution in [0.5, 0.6) is 0 Å². The quantitative estimate of drug-likeness (QED) is 0.492. The topological polar surface area (TPSA) is 64.1 Å². The van der Waals surface area contributed by atoms with Crippen LogP contribution in [0.1, 0.15) is 31.2 Å². The van der Waals surface area contributed by atoms with Gasteiger partial charge in [-0.1, -0.05) is 17.7 Å². The van der Waals surface area contributed by atoms with E-state index in [1.807, 2.05) is 4.90 Å². The van der Waals surface area contributed by atoms with Crippen LogP contribution in [0.15, 0.2) is 24.3 Å². The van der Waals surface area contributed by atoms with E-state index in [0.29, 0.717) is 44.7 Å². The van der Waals surface area contributed by atoms with Gasteiger partial charge in [0.2, 0.25) is 11.8 Å². The Labute approximate surface area is 192 Å². The van der Waals surface area contributed by atoms with E-state index in [-0.39, 0.29) is 29.8 Å². The highest BCUT2D eigenvalue weighted by atomic mass is 35.5. The van der Waals surface area contributed by atoms with E-state index in [9.17, 15) is 23.5 Å². The van der Waals surface area contributed by atoms with Crippen molar-refractivity contribution in [3.05, 3.63) is 40.7 Å². The third-order valence-electron chi connectivity index (χ3n) is 6.01. The molecule has 0 unspecified atom stereocenters. The van der Waals surface area contributed by atoms with Crippen molar-refractivity contribution >= 4 is 29.5 Å². The largest absolute Gasteiger partial charge is 0.390 e. The van der Waals surface area contributed by atoms with E-state index in [0.717, 1.165) is 19.4 Å². The number of likely N-dealkylation sites (tertiary alicyclic amines) is 1. The summed E-state index contributed by atoms with van der Waals surface area (Å²) in [6.07, 6.45) is 3.34. The molecule has 0 saturated carbocycles. The number of amides is 2. The first kappa shape index (κ1) is 24.6. The zero-order valence-corrected chi connectivity index (χ0v) is 18.8. The van der Waals surface area contributed by atoms with Gasteiger partial charge >= 0.3 is 0 Å². The normalized spacial score (nSPS) is 23.1. The Kier molecular flexibility index (Phi) is 9.02. The first-order valence-corrected chi connectivity index (χ1v) is 11.5. The summed E-state index contributed by atoms with van der Waals surface area (Å²) >= 11 is 5.76. The first-order chi connectivity index (χ1) is 15.3. The molecule has 6 nitrogen and oxygen atoms in total. The van der Waals surface area contributed by atoms with Crippen molar-refractivity contribution in [1.29, 1.82) is 0 Å². The summed E-state index contributed by atoms with van der Waals surface area (Å²) in [5.74, 6) is -0.685. The second-order valence-corrected chi connectivity index (χ2v) is 8.75. The van der Waals surface area contributed by atoms with Gasteiger partial charge in [-0.3, -0.25) is 9.59 Å². The van der Waals surface area contributed by atoms with Crippen molar-refractivity contribution in [2.24, 2.45) is 0 Å². The SMILES string of the molecule is O=C(C=Cc1ccc(F)c(Cl)c1)N1CCC(=O)N(CCCCN2CC[C@H](O)[C@@H](F)C2)CC1. The molecule has 2 fully saturated rings. The lowest BCUT2D eigenvalue weighted by atomic mass is 10.1. The molecule has 2 amide bonds. The number of alkyl halides is 1. The summed E-state index contributed by atoms with van der Waals surface area (Å²) in [7, 11) is 0. The third kappa shape index (κ3) is 6.98. The van der Waals surface area contributed by atoms with Gasteiger partial charge in [-0.05, 0) is 49.6 Å². The highest BCUT2D eigenvalue weighted by molar-refractivity contribution is 6.30. The van der Waals surface area contributed by atoms with Crippen molar-refractivity contribution in [3.63, 3.8) is 0 Å². The number of hydrogen-bond acceptors (Lipinski definition) is 4. The standard InChI is InChI=1S/C23H30ClF2N3O3/c24-18-15-17(3-5-19(18)25)4-6-22(31)29-12-8-23(32)28(13-14-29)10-2-1-9-27-11-7-21(30)20(26)16-27/h3-6,15,20-21,30H,1-2,7-14,16H2/t20-,21-/m0/s1. The molecule has 32 heavy (non-hydrogen) atoms. The van der Waals surface area contributed by atoms with Crippen molar-refractivity contribution in [2.45, 2.75) is 38.0 Å². The van der Waals surface area contributed by atoms with Gasteiger partial charge in [0.1, 0.15) is 12.0 Å². The number of aliphatic hydroxyl groups excluding tert-OH is 1. The lowest BCUT2D eigenvalue weighted by Crippen LogP contribution is -2.44. The molecule has 176 valence electrons. The molecule has 2 aliphatic heterocycles. The number of benzene rings is 1. The predicted octanol–water partition coefficient (Wildman–Crippen LogP) is 2.74. The van der Waals surface area contributed by atoms with Crippen molar-refractivity contribution in [3.8, 4) is 0 Å². The maximum atomic E-state index is 13.6. The molecule has 2 heterocycles. The Morgan fingerprint density at radius 1 is 1.19 bits per heavy atom. The van der Waals surface area contributed by atoms with Gasteiger partial charge in [0.15, 0.2) is 0 Å². The summed E-state index contributed by atoms with van der Waals surface area (Å²) in [5, 5.41) is 9.47. The lowest BCUT2D eigenvalue weighted by Gasteiger charge is -2.32. The average Bonchev–Trinajstić information content (AvgIpc) is 2.96. The average molecular weight is 470 g/mol. The second-order valence-electron chi connectivity index (χ2n) is 8.34. The number of piperidine rings is 1. The maximum Gasteiger partial charge on any atom is 0.246 e. The highest BCUT2D eigenvalue weighted by Gasteiger charge is 2.27. The number of rotatable bonds is 7. The van der Waals surface area contributed by atoms with Crippen molar-refractivity contribution < 1.29 is 23.5 Å². The zero-order valence-electron chi connectivity index (χ0n) is 18.1. The molecule has 9 heteroatoms. The van der Waals surface area contributed by atoms with E-state index < -0.39 is 18.1 Å². The van der Waals surface area contributed by atoms with Crippen LogP contribution < -0.4 is 0 Å². The van der Waals surface area contributed by atoms with Crippen LogP contribution in [0.3, 0.4) is 0 Å². The number of unbranched alkanes of at least 4 members (excludes halogenated alkanes) is 1. The minimum atomic E-state index is -1.19. The number of halogens is 3. The van der Waals surface area contributed by atoms with Crippen molar-refractivity contribution in [2.75, 3.05) is 45.8 Å². The maximum absolute atomic E-state index is 13.6. The zero-order chi connectivity index (χ0) is 23.1. The minimum Gasteiger partial charge on any atom is -0.390 e. The number of nitrogens with zero attached hydrogens (tertiary/aromatic N) is 3. The van der Waals surface area contributed by atoms with Gasteiger partial charge in [-0.2, -0.15) is 0 Å². The van der Waals surface area contributed by atoms with Crippen LogP contribution in [-0.2, 0) is 9.59 Å². The molecule has 0 aliphatic carbocycles. The van der Waals surface area contributed by atoms with Crippen LogP contribution in [-0.4, -0.2) is 89.7 Å². The van der Waals surface area contributed by atoms with Gasteiger partial charge in [-0.25, -0.2) is 8.78 Å². The van der Waals surface area contributed by atoms with Gasteiger partial charge < -0.3 is 19.8 Å². The molecule has 2 atom stereocenters. The van der Waals surface area contributed by atoms with Gasteiger partial charge in [0, 0.05) is 51.8 Å². The number of hydrogen-bond donors (Lipinski definition) is 1. The van der Waals surface area contributed by atoms with Gasteiger partial charge in [0.25, 0.3) is 0 Å². The monoisotopic (exact) mass is 469 g/mol. The third-order valence-corrected chi connectivity index (χ3v) is 6.30. The molecule has 2 aliphatic rings. The summed E-state index contributed by atoms with van der Waals surface area (Å²) in [6.45, 7) is 3.60. The Hall–Kier alpha value is -2.03. The molecule has 1 aromatic carbocycles. The number of aliphatic hydroxyl groups is 1. The molecular formula is C23H30ClF2N3O3. The van der Waals surface area contributed by atoms with E-state index in [1.54, 1.807) is 21.9 Å². The van der Waals surface area contributed by atoms with Gasteiger partial charge in [-0.15, -0.1) is 0 Å². The van der Waals surface area contributed by atoms with Crippen LogP contribution in [0.4, 0.5) is 8.78 Å². The fourth-order valence-corrected chi connectivity index (χ4v) is 4.20. The Bertz CT molecular complexity index is 839. The van der Waals surface area contributed by atoms with Crippen LogP contribution in [0.25, 0.3) is 6.08 Å². The fourth-order valence-electron chi connectivity index (χ4n) is 4.01. The Morgan fingerprint density at radius 3 is 2.72 bits per heavy atom.